The molecule has 1 aromatic heterocycles. The van der Waals surface area contributed by atoms with E-state index in [4.69, 9.17) is 109 Å². The average Bonchev–Trinajstić information content (AvgIpc) is 0.759. The van der Waals surface area contributed by atoms with Gasteiger partial charge >= 0.3 is 24.4 Å². The molecule has 0 spiro atoms. The van der Waals surface area contributed by atoms with Gasteiger partial charge in [-0.1, -0.05) is 37.8 Å². The number of pyridine rings is 1. The predicted molar refractivity (Wildman–Crippen MR) is 408 cm³/mol. The zero-order chi connectivity index (χ0) is 81.3. The molecule has 654 valence electrons. The standard InChI is InChI=1S/C76H128F6N6O25/c1-91-23-26-98-37-40-104-49-52-109-48-45-103-35-31-96-21-17-88(70-14-12-13-68-69(75(77,78)79)64-71(76(80,81)82)87-72(68)70)18-22-97-32-36-112-59-60-113-67-62-65(85-73(89)83-15-8-4-6-10-19-94-29-33-101-43-46-107-55-57-110-53-50-105-41-38-99-27-24-92-2)61-66(63-67)86-74(90)84-16-9-5-7-11-20-95-30-34-102-44-47-108-56-58-111-54-51-106-42-39-100-28-25-93-3/h12-14,61-64H,4-11,15-60H2,1-3H3,(H2,83,85,89)(H2,84,86,90). The zero-order valence-electron chi connectivity index (χ0n) is 66.6. The molecular weight excluding hydrogens is 1510 g/mol. The van der Waals surface area contributed by atoms with Gasteiger partial charge in [0.25, 0.3) is 0 Å². The third-order valence-corrected chi connectivity index (χ3v) is 15.6. The van der Waals surface area contributed by atoms with E-state index in [1.54, 1.807) is 44.4 Å². The largest absolute Gasteiger partial charge is 0.491 e. The number of hydrogen-bond donors (Lipinski definition) is 4. The summed E-state index contributed by atoms with van der Waals surface area (Å²) in [4.78, 5) is 31.6. The number of unbranched alkanes of at least 4 members (excludes halogenated alkanes) is 6. The van der Waals surface area contributed by atoms with Gasteiger partial charge in [0.2, 0.25) is 0 Å². The smallest absolute Gasteiger partial charge is 0.433 e. The Morgan fingerprint density at radius 1 is 0.336 bits per heavy atom. The number of anilines is 3. The van der Waals surface area contributed by atoms with E-state index in [9.17, 15) is 35.9 Å². The Kier molecular flexibility index (Phi) is 64.9. The van der Waals surface area contributed by atoms with Crippen molar-refractivity contribution in [1.29, 1.82) is 0 Å². The maximum Gasteiger partial charge on any atom is 0.433 e. The number of carbonyl (C=O) groups is 2. The van der Waals surface area contributed by atoms with Crippen molar-refractivity contribution >= 4 is 40.0 Å². The Labute approximate surface area is 662 Å². The van der Waals surface area contributed by atoms with Crippen molar-refractivity contribution in [3.8, 4) is 5.75 Å². The molecule has 0 unspecified atom stereocenters. The number of nitrogens with zero attached hydrogens (tertiary/aromatic N) is 2. The number of halogens is 6. The third kappa shape index (κ3) is 58.2. The second-order valence-electron chi connectivity index (χ2n) is 24.5. The first-order valence-electron chi connectivity index (χ1n) is 38.9. The summed E-state index contributed by atoms with van der Waals surface area (Å²) in [5.74, 6) is 0.311. The molecule has 0 aliphatic rings. The SMILES string of the molecule is COCCOCCOCCOCCOCCOCCOCCCCCCNC(=O)Nc1cc(NC(=O)NCCCCCCOCCOCCOCCOCCOCCOCCOC)cc(OCCOCCOCCN(CCOCCOCCOCCOCCOCCOC)c2cccc3c(C(F)(F)F)cc(C(F)(F)F)nc23)c1. The molecule has 1 heterocycles. The highest BCUT2D eigenvalue weighted by molar-refractivity contribution is 5.94. The number of para-hydroxylation sites is 1. The number of alkyl halides is 6. The molecule has 0 fully saturated rings. The summed E-state index contributed by atoms with van der Waals surface area (Å²) < 4.78 is 211. The second-order valence-corrected chi connectivity index (χ2v) is 24.5. The highest BCUT2D eigenvalue weighted by Crippen LogP contribution is 2.41. The minimum atomic E-state index is -5.17. The van der Waals surface area contributed by atoms with Crippen LogP contribution in [0.2, 0.25) is 0 Å². The van der Waals surface area contributed by atoms with Crippen molar-refractivity contribution in [3.63, 3.8) is 0 Å². The Bertz CT molecular complexity index is 2630. The molecule has 0 bridgehead atoms. The summed E-state index contributed by atoms with van der Waals surface area (Å²) in [5, 5.41) is 10.9. The lowest BCUT2D eigenvalue weighted by atomic mass is 10.0. The molecule has 0 aliphatic heterocycles. The van der Waals surface area contributed by atoms with Crippen LogP contribution in [-0.4, -0.2) is 342 Å². The van der Waals surface area contributed by atoms with Gasteiger partial charge in [-0.05, 0) is 43.9 Å². The van der Waals surface area contributed by atoms with Crippen LogP contribution in [-0.2, 0) is 117 Å². The maximum absolute atomic E-state index is 14.3. The zero-order valence-corrected chi connectivity index (χ0v) is 66.6. The normalized spacial score (nSPS) is 11.9. The number of methoxy groups -OCH3 is 3. The number of carbonyl (C=O) groups excluding carboxylic acids is 2. The molecule has 0 saturated carbocycles. The minimum Gasteiger partial charge on any atom is -0.491 e. The van der Waals surface area contributed by atoms with Gasteiger partial charge in [-0.2, -0.15) is 26.3 Å². The van der Waals surface area contributed by atoms with Crippen molar-refractivity contribution in [2.75, 3.05) is 341 Å². The summed E-state index contributed by atoms with van der Waals surface area (Å²) >= 11 is 0. The maximum atomic E-state index is 14.3. The molecule has 31 nitrogen and oxygen atoms in total. The number of hydrogen-bond acceptors (Lipinski definition) is 27. The van der Waals surface area contributed by atoms with Crippen LogP contribution in [0, 0.1) is 0 Å². The first-order valence-corrected chi connectivity index (χ1v) is 38.9. The molecule has 3 rings (SSSR count). The van der Waals surface area contributed by atoms with Crippen molar-refractivity contribution in [3.05, 3.63) is 53.7 Å². The molecule has 2 aromatic carbocycles. The Hall–Kier alpha value is -5.31. The average molecular weight is 1640 g/mol. The van der Waals surface area contributed by atoms with E-state index in [2.05, 4.69) is 26.3 Å². The topological polar surface area (TPSA) is 311 Å². The first-order chi connectivity index (χ1) is 55.3. The molecule has 0 atom stereocenters. The molecule has 4 amide bonds. The Morgan fingerprint density at radius 3 is 0.938 bits per heavy atom. The van der Waals surface area contributed by atoms with Crippen LogP contribution in [0.4, 0.5) is 53.0 Å². The molecule has 0 aliphatic carbocycles. The van der Waals surface area contributed by atoms with Crippen molar-refractivity contribution in [2.24, 2.45) is 0 Å². The molecule has 3 aromatic rings. The lowest BCUT2D eigenvalue weighted by Gasteiger charge is -2.26. The summed E-state index contributed by atoms with van der Waals surface area (Å²) in [6.07, 6.45) is -3.59. The van der Waals surface area contributed by atoms with Crippen LogP contribution in [0.5, 0.6) is 5.75 Å². The number of amides is 4. The van der Waals surface area contributed by atoms with Crippen molar-refractivity contribution in [2.45, 2.75) is 63.7 Å². The molecule has 0 saturated heterocycles. The van der Waals surface area contributed by atoms with Gasteiger partial charge in [0.1, 0.15) is 18.1 Å². The Morgan fingerprint density at radius 2 is 0.628 bits per heavy atom. The number of ether oxygens (including phenoxy) is 23. The fraction of sp³-hybridized carbons (Fsp3) is 0.776. The van der Waals surface area contributed by atoms with E-state index in [-0.39, 0.29) is 84.3 Å². The summed E-state index contributed by atoms with van der Waals surface area (Å²) in [6, 6.07) is 7.71. The number of rotatable bonds is 81. The van der Waals surface area contributed by atoms with Crippen LogP contribution in [0.15, 0.2) is 42.5 Å². The lowest BCUT2D eigenvalue weighted by Crippen LogP contribution is -2.32. The van der Waals surface area contributed by atoms with Crippen LogP contribution in [0.1, 0.15) is 62.6 Å². The number of nitrogens with one attached hydrogen (secondary N) is 4. The van der Waals surface area contributed by atoms with E-state index < -0.39 is 46.6 Å². The number of urea groups is 2. The van der Waals surface area contributed by atoms with Crippen LogP contribution in [0.3, 0.4) is 0 Å². The molecule has 37 heteroatoms. The molecular formula is C76H128F6N6O25. The number of benzene rings is 2. The van der Waals surface area contributed by atoms with Gasteiger partial charge < -0.3 is 135 Å². The second kappa shape index (κ2) is 72.0. The summed E-state index contributed by atoms with van der Waals surface area (Å²) in [6.45, 7) is 17.4. The van der Waals surface area contributed by atoms with E-state index >= 15 is 0 Å². The predicted octanol–water partition coefficient (Wildman–Crippen LogP) is 8.78. The van der Waals surface area contributed by atoms with Gasteiger partial charge in [0, 0.05) is 89.6 Å². The minimum absolute atomic E-state index is 0.0138. The van der Waals surface area contributed by atoms with Gasteiger partial charge in [-0.25, -0.2) is 14.6 Å². The third-order valence-electron chi connectivity index (χ3n) is 15.6. The van der Waals surface area contributed by atoms with Crippen LogP contribution in [0.25, 0.3) is 10.9 Å². The number of aromatic nitrogens is 1. The fourth-order valence-electron chi connectivity index (χ4n) is 9.87. The quantitative estimate of drug-likeness (QED) is 0.0303. The summed E-state index contributed by atoms with van der Waals surface area (Å²) in [7, 11) is 4.85. The van der Waals surface area contributed by atoms with Crippen LogP contribution < -0.4 is 30.9 Å². The van der Waals surface area contributed by atoms with E-state index in [1.165, 1.54) is 12.1 Å². The fourth-order valence-corrected chi connectivity index (χ4v) is 9.87. The molecule has 4 N–H and O–H groups in total. The first kappa shape index (κ1) is 102. The van der Waals surface area contributed by atoms with Crippen molar-refractivity contribution in [1.82, 2.24) is 15.6 Å². The summed E-state index contributed by atoms with van der Waals surface area (Å²) in [5.41, 5.74) is -2.94. The van der Waals surface area contributed by atoms with Crippen LogP contribution >= 0.6 is 0 Å². The van der Waals surface area contributed by atoms with Crippen molar-refractivity contribution < 1.29 is 145 Å². The highest BCUT2D eigenvalue weighted by atomic mass is 19.4. The van der Waals surface area contributed by atoms with Gasteiger partial charge in [-0.3, -0.25) is 0 Å². The lowest BCUT2D eigenvalue weighted by molar-refractivity contribution is -0.144. The van der Waals surface area contributed by atoms with Gasteiger partial charge in [0.05, 0.1) is 274 Å². The van der Waals surface area contributed by atoms with Gasteiger partial charge in [-0.15, -0.1) is 0 Å². The monoisotopic (exact) mass is 1640 g/mol. The number of fused-ring (bicyclic) bond motifs is 1. The Balaban J connectivity index is 1.42. The molecule has 113 heavy (non-hydrogen) atoms. The van der Waals surface area contributed by atoms with E-state index in [0.29, 0.717) is 248 Å². The van der Waals surface area contributed by atoms with Gasteiger partial charge in [0.15, 0.2) is 0 Å². The van der Waals surface area contributed by atoms with E-state index in [1.807, 2.05) is 0 Å². The van der Waals surface area contributed by atoms with E-state index in [0.717, 1.165) is 57.4 Å². The molecule has 0 radical (unpaired) electrons. The highest BCUT2D eigenvalue weighted by Gasteiger charge is 2.40.